The van der Waals surface area contributed by atoms with Crippen LogP contribution in [-0.4, -0.2) is 43.9 Å². The average molecular weight is 398 g/mol. The molecule has 4 aromatic rings. The van der Waals surface area contributed by atoms with E-state index in [4.69, 9.17) is 4.74 Å². The third-order valence-corrected chi connectivity index (χ3v) is 4.82. The lowest BCUT2D eigenvalue weighted by Gasteiger charge is -2.25. The fourth-order valence-corrected chi connectivity index (χ4v) is 3.16. The van der Waals surface area contributed by atoms with Crippen LogP contribution < -0.4 is 5.32 Å². The summed E-state index contributed by atoms with van der Waals surface area (Å²) in [5.41, 5.74) is 3.72. The summed E-state index contributed by atoms with van der Waals surface area (Å²) in [5, 5.41) is 7.59. The smallest absolute Gasteiger partial charge is 0.274 e. The van der Waals surface area contributed by atoms with Gasteiger partial charge in [0.05, 0.1) is 36.3 Å². The second-order valence-corrected chi connectivity index (χ2v) is 6.88. The van der Waals surface area contributed by atoms with Crippen LogP contribution in [0.2, 0.25) is 0 Å². The van der Waals surface area contributed by atoms with Gasteiger partial charge in [0.25, 0.3) is 5.91 Å². The minimum absolute atomic E-state index is 0.158. The van der Waals surface area contributed by atoms with Gasteiger partial charge in [-0.1, -0.05) is 12.1 Å². The molecule has 0 spiro atoms. The minimum atomic E-state index is -0.317. The van der Waals surface area contributed by atoms with E-state index in [1.807, 2.05) is 47.3 Å². The van der Waals surface area contributed by atoms with Gasteiger partial charge < -0.3 is 10.1 Å². The van der Waals surface area contributed by atoms with Crippen molar-refractivity contribution in [3.05, 3.63) is 79.0 Å². The number of rotatable bonds is 5. The van der Waals surface area contributed by atoms with Crippen LogP contribution in [-0.2, 0) is 4.74 Å². The highest BCUT2D eigenvalue weighted by molar-refractivity contribution is 6.04. The van der Waals surface area contributed by atoms with Crippen molar-refractivity contribution in [2.75, 3.05) is 18.5 Å². The molecule has 1 aliphatic rings. The number of amides is 1. The third-order valence-electron chi connectivity index (χ3n) is 4.82. The second-order valence-electron chi connectivity index (χ2n) is 6.88. The summed E-state index contributed by atoms with van der Waals surface area (Å²) in [6.45, 7) is 1.21. The third kappa shape index (κ3) is 3.56. The molecule has 0 saturated carbocycles. The van der Waals surface area contributed by atoms with Gasteiger partial charge in [-0.3, -0.25) is 19.4 Å². The molecule has 1 amide bonds. The van der Waals surface area contributed by atoms with E-state index in [1.165, 1.54) is 0 Å². The van der Waals surface area contributed by atoms with Crippen molar-refractivity contribution in [2.24, 2.45) is 0 Å². The molecule has 0 aromatic carbocycles. The molecule has 1 fully saturated rings. The highest BCUT2D eigenvalue weighted by atomic mass is 16.5. The predicted octanol–water partition coefficient (Wildman–Crippen LogP) is 3.23. The quantitative estimate of drug-likeness (QED) is 0.555. The van der Waals surface area contributed by atoms with Gasteiger partial charge in [0, 0.05) is 30.4 Å². The van der Waals surface area contributed by atoms with Gasteiger partial charge >= 0.3 is 0 Å². The van der Waals surface area contributed by atoms with Crippen molar-refractivity contribution < 1.29 is 9.53 Å². The number of nitrogens with one attached hydrogen (secondary N) is 1. The first-order valence-corrected chi connectivity index (χ1v) is 9.55. The largest absolute Gasteiger partial charge is 0.377 e. The van der Waals surface area contributed by atoms with Gasteiger partial charge in [-0.05, 0) is 36.4 Å². The van der Waals surface area contributed by atoms with E-state index < -0.39 is 0 Å². The first-order chi connectivity index (χ1) is 14.8. The fraction of sp³-hybridized carbons (Fsp3) is 0.136. The number of carbonyl (C=O) groups is 1. The van der Waals surface area contributed by atoms with Crippen molar-refractivity contribution in [3.8, 4) is 22.6 Å². The van der Waals surface area contributed by atoms with Crippen LogP contribution in [0.5, 0.6) is 0 Å². The topological polar surface area (TPSA) is 94.8 Å². The Balaban J connectivity index is 1.45. The maximum absolute atomic E-state index is 13.0. The Morgan fingerprint density at radius 2 is 1.93 bits per heavy atom. The molecule has 1 aliphatic heterocycles. The summed E-state index contributed by atoms with van der Waals surface area (Å²) in [5.74, 6) is -0.317. The van der Waals surface area contributed by atoms with Crippen LogP contribution in [0.3, 0.4) is 0 Å². The molecule has 1 N–H and O–H groups in total. The van der Waals surface area contributed by atoms with E-state index in [0.29, 0.717) is 41.7 Å². The molecule has 30 heavy (non-hydrogen) atoms. The number of hydrogen-bond donors (Lipinski definition) is 1. The number of carbonyl (C=O) groups excluding carboxylic acids is 1. The van der Waals surface area contributed by atoms with Crippen LogP contribution in [0.15, 0.2) is 73.3 Å². The monoisotopic (exact) mass is 398 g/mol. The summed E-state index contributed by atoms with van der Waals surface area (Å²) in [6, 6.07) is 14.8. The zero-order chi connectivity index (χ0) is 20.3. The van der Waals surface area contributed by atoms with Crippen molar-refractivity contribution >= 4 is 11.6 Å². The van der Waals surface area contributed by atoms with Gasteiger partial charge in [0.15, 0.2) is 0 Å². The Hall–Kier alpha value is -3.91. The molecule has 148 valence electrons. The Bertz CT molecular complexity index is 1170. The Morgan fingerprint density at radius 3 is 2.67 bits per heavy atom. The number of aromatic nitrogens is 5. The van der Waals surface area contributed by atoms with Crippen LogP contribution in [0.1, 0.15) is 16.5 Å². The maximum atomic E-state index is 13.0. The SMILES string of the molecule is O=C(Nc1cn(C2COC2)nc1-c1ccccn1)c1cccc(-c2cccnc2)n1. The van der Waals surface area contributed by atoms with Crippen LogP contribution >= 0.6 is 0 Å². The number of anilines is 1. The Kier molecular flexibility index (Phi) is 4.74. The molecular formula is C22H18N6O2. The van der Waals surface area contributed by atoms with Crippen molar-refractivity contribution in [1.29, 1.82) is 0 Å². The van der Waals surface area contributed by atoms with Crippen LogP contribution in [0.4, 0.5) is 5.69 Å². The average Bonchev–Trinajstić information content (AvgIpc) is 3.16. The van der Waals surface area contributed by atoms with E-state index in [1.54, 1.807) is 30.7 Å². The molecule has 0 aliphatic carbocycles. The van der Waals surface area contributed by atoms with Gasteiger partial charge in [-0.2, -0.15) is 5.10 Å². The van der Waals surface area contributed by atoms with Gasteiger partial charge in [0.1, 0.15) is 11.4 Å². The number of pyridine rings is 3. The molecule has 5 rings (SSSR count). The number of nitrogens with zero attached hydrogens (tertiary/aromatic N) is 5. The van der Waals surface area contributed by atoms with Crippen LogP contribution in [0.25, 0.3) is 22.6 Å². The minimum Gasteiger partial charge on any atom is -0.377 e. The lowest BCUT2D eigenvalue weighted by atomic mass is 10.2. The van der Waals surface area contributed by atoms with Crippen LogP contribution in [0, 0.1) is 0 Å². The second kappa shape index (κ2) is 7.84. The lowest BCUT2D eigenvalue weighted by molar-refractivity contribution is -0.0285. The number of ether oxygens (including phenoxy) is 1. The summed E-state index contributed by atoms with van der Waals surface area (Å²) in [4.78, 5) is 26.0. The molecule has 8 heteroatoms. The predicted molar refractivity (Wildman–Crippen MR) is 111 cm³/mol. The Morgan fingerprint density at radius 1 is 1.03 bits per heavy atom. The van der Waals surface area contributed by atoms with E-state index in [9.17, 15) is 4.79 Å². The molecule has 0 atom stereocenters. The van der Waals surface area contributed by atoms with Gasteiger partial charge in [0.2, 0.25) is 0 Å². The highest BCUT2D eigenvalue weighted by Crippen LogP contribution is 2.28. The summed E-state index contributed by atoms with van der Waals surface area (Å²) in [7, 11) is 0. The molecule has 5 heterocycles. The molecule has 0 unspecified atom stereocenters. The van der Waals surface area contributed by atoms with Crippen molar-refractivity contribution in [2.45, 2.75) is 6.04 Å². The maximum Gasteiger partial charge on any atom is 0.274 e. The Labute approximate surface area is 172 Å². The first kappa shape index (κ1) is 18.1. The van der Waals surface area contributed by atoms with Gasteiger partial charge in [-0.15, -0.1) is 0 Å². The summed E-state index contributed by atoms with van der Waals surface area (Å²) < 4.78 is 7.09. The standard InChI is InChI=1S/C22H18N6O2/c29-22(19-8-3-7-17(25-19)15-5-4-9-23-11-15)26-20-12-28(16-13-30-14-16)27-21(20)18-6-1-2-10-24-18/h1-12,16H,13-14H2,(H,26,29). The highest BCUT2D eigenvalue weighted by Gasteiger charge is 2.25. The zero-order valence-corrected chi connectivity index (χ0v) is 16.0. The summed E-state index contributed by atoms with van der Waals surface area (Å²) >= 11 is 0. The van der Waals surface area contributed by atoms with Crippen molar-refractivity contribution in [3.63, 3.8) is 0 Å². The molecule has 8 nitrogen and oxygen atoms in total. The summed E-state index contributed by atoms with van der Waals surface area (Å²) in [6.07, 6.45) is 6.93. The van der Waals surface area contributed by atoms with E-state index in [-0.39, 0.29) is 11.9 Å². The van der Waals surface area contributed by atoms with Crippen molar-refractivity contribution in [1.82, 2.24) is 24.7 Å². The number of hydrogen-bond acceptors (Lipinski definition) is 6. The van der Waals surface area contributed by atoms with E-state index >= 15 is 0 Å². The molecule has 0 radical (unpaired) electrons. The normalized spacial score (nSPS) is 13.6. The van der Waals surface area contributed by atoms with E-state index in [0.717, 1.165) is 5.56 Å². The lowest BCUT2D eigenvalue weighted by Crippen LogP contribution is -2.30. The zero-order valence-electron chi connectivity index (χ0n) is 16.0. The van der Waals surface area contributed by atoms with Gasteiger partial charge in [-0.25, -0.2) is 4.98 Å². The first-order valence-electron chi connectivity index (χ1n) is 9.55. The fourth-order valence-electron chi connectivity index (χ4n) is 3.16. The molecular weight excluding hydrogens is 380 g/mol. The molecule has 1 saturated heterocycles. The molecule has 0 bridgehead atoms. The molecule has 4 aromatic heterocycles. The van der Waals surface area contributed by atoms with E-state index in [2.05, 4.69) is 25.4 Å².